The van der Waals surface area contributed by atoms with Crippen LogP contribution >= 0.6 is 0 Å². The number of allylic oxidation sites excluding steroid dienone is 1. The minimum absolute atomic E-state index is 0.0231. The molecule has 4 nitrogen and oxygen atoms in total. The van der Waals surface area contributed by atoms with Gasteiger partial charge in [-0.05, 0) is 6.92 Å². The molecule has 0 spiro atoms. The van der Waals surface area contributed by atoms with Gasteiger partial charge in [-0.15, -0.1) is 0 Å². The van der Waals surface area contributed by atoms with Gasteiger partial charge in [0.1, 0.15) is 7.11 Å². The molecule has 0 radical (unpaired) electrons. The minimum atomic E-state index is -0.336. The van der Waals surface area contributed by atoms with Crippen LogP contribution < -0.4 is 0 Å². The molecule has 4 heteroatoms. The summed E-state index contributed by atoms with van der Waals surface area (Å²) in [6, 6.07) is 0. The number of ketones is 2. The van der Waals surface area contributed by atoms with Crippen molar-refractivity contribution in [1.29, 1.82) is 0 Å². The molecule has 0 bridgehead atoms. The van der Waals surface area contributed by atoms with E-state index < -0.39 is 0 Å². The summed E-state index contributed by atoms with van der Waals surface area (Å²) in [6.07, 6.45) is 0. The van der Waals surface area contributed by atoms with Crippen molar-refractivity contribution in [3.05, 3.63) is 12.2 Å². The van der Waals surface area contributed by atoms with Gasteiger partial charge in [0, 0.05) is 12.5 Å². The Bertz CT molecular complexity index is 253. The van der Waals surface area contributed by atoms with Crippen LogP contribution in [0.25, 0.3) is 0 Å². The third-order valence-corrected chi connectivity index (χ3v) is 1.23. The van der Waals surface area contributed by atoms with E-state index in [1.807, 2.05) is 0 Å². The second kappa shape index (κ2) is 4.43. The van der Waals surface area contributed by atoms with Crippen molar-refractivity contribution in [1.82, 2.24) is 0 Å². The molecular weight excluding hydrogens is 158 g/mol. The second-order valence-electron chi connectivity index (χ2n) is 2.21. The van der Waals surface area contributed by atoms with Crippen molar-refractivity contribution < 1.29 is 14.4 Å². The highest BCUT2D eigenvalue weighted by atomic mass is 16.6. The molecule has 0 unspecified atom stereocenters. The molecule has 0 heterocycles. The first-order valence-corrected chi connectivity index (χ1v) is 3.33. The van der Waals surface area contributed by atoms with E-state index in [9.17, 15) is 9.59 Å². The number of carbonyl (C=O) groups is 2. The van der Waals surface area contributed by atoms with E-state index >= 15 is 0 Å². The Morgan fingerprint density at radius 3 is 2.00 bits per heavy atom. The van der Waals surface area contributed by atoms with Crippen LogP contribution in [-0.4, -0.2) is 24.4 Å². The summed E-state index contributed by atoms with van der Waals surface area (Å²) >= 11 is 0. The summed E-state index contributed by atoms with van der Waals surface area (Å²) in [4.78, 5) is 26.0. The van der Waals surface area contributed by atoms with Crippen LogP contribution in [0.1, 0.15) is 13.8 Å². The first kappa shape index (κ1) is 10.6. The molecule has 0 aliphatic carbocycles. The van der Waals surface area contributed by atoms with Crippen molar-refractivity contribution in [2.24, 2.45) is 5.16 Å². The van der Waals surface area contributed by atoms with Crippen LogP contribution in [0.3, 0.4) is 0 Å². The molecule has 0 aromatic heterocycles. The molecule has 0 aromatic rings. The van der Waals surface area contributed by atoms with Crippen LogP contribution in [0.4, 0.5) is 0 Å². The normalized spacial score (nSPS) is 10.8. The Hall–Kier alpha value is -1.45. The lowest BCUT2D eigenvalue weighted by molar-refractivity contribution is -0.114. The quantitative estimate of drug-likeness (QED) is 0.354. The number of nitrogens with zero attached hydrogens (tertiary/aromatic N) is 1. The summed E-state index contributed by atoms with van der Waals surface area (Å²) in [5.41, 5.74) is 0.0503. The summed E-state index contributed by atoms with van der Waals surface area (Å²) in [7, 11) is 1.30. The zero-order chi connectivity index (χ0) is 9.72. The molecule has 0 aromatic carbocycles. The number of hydrogen-bond acceptors (Lipinski definition) is 4. The maximum Gasteiger partial charge on any atom is 0.182 e. The fraction of sp³-hybridized carbons (Fsp3) is 0.375. The molecule has 0 saturated carbocycles. The Kier molecular flexibility index (Phi) is 3.90. The van der Waals surface area contributed by atoms with Gasteiger partial charge in [-0.25, -0.2) is 0 Å². The smallest absolute Gasteiger partial charge is 0.182 e. The molecule has 66 valence electrons. The maximum absolute atomic E-state index is 10.9. The van der Waals surface area contributed by atoms with E-state index in [0.717, 1.165) is 0 Å². The van der Waals surface area contributed by atoms with Gasteiger partial charge in [0.2, 0.25) is 0 Å². The molecule has 0 N–H and O–H groups in total. The topological polar surface area (TPSA) is 55.7 Å². The lowest BCUT2D eigenvalue weighted by Gasteiger charge is -2.00. The molecule has 0 aliphatic heterocycles. The molecular formula is C8H11NO3. The molecule has 0 atom stereocenters. The standard InChI is InChI=1S/C8H11NO3/c1-5(6(2)10)8(7(3)11)9-12-4/h1H2,2-4H3/b9-8+. The number of oxime groups is 1. The number of Topliss-reactive ketones (excluding diaryl/α,β-unsaturated/α-hetero) is 2. The minimum Gasteiger partial charge on any atom is -0.399 e. The van der Waals surface area contributed by atoms with Gasteiger partial charge in [-0.2, -0.15) is 0 Å². The fourth-order valence-corrected chi connectivity index (χ4v) is 0.590. The molecule has 12 heavy (non-hydrogen) atoms. The van der Waals surface area contributed by atoms with Crippen molar-refractivity contribution in [2.45, 2.75) is 13.8 Å². The third kappa shape index (κ3) is 2.65. The van der Waals surface area contributed by atoms with Crippen molar-refractivity contribution >= 4 is 17.3 Å². The SMILES string of the molecule is C=C(C(C)=O)/C(=N\OC)C(C)=O. The van der Waals surface area contributed by atoms with Crippen LogP contribution in [0, 0.1) is 0 Å². The highest BCUT2D eigenvalue weighted by Crippen LogP contribution is 1.98. The van der Waals surface area contributed by atoms with Crippen LogP contribution in [-0.2, 0) is 14.4 Å². The van der Waals surface area contributed by atoms with E-state index in [4.69, 9.17) is 0 Å². The van der Waals surface area contributed by atoms with Crippen LogP contribution in [0.5, 0.6) is 0 Å². The van der Waals surface area contributed by atoms with Gasteiger partial charge in [0.25, 0.3) is 0 Å². The van der Waals surface area contributed by atoms with Crippen LogP contribution in [0.2, 0.25) is 0 Å². The van der Waals surface area contributed by atoms with Gasteiger partial charge in [-0.1, -0.05) is 11.7 Å². The van der Waals surface area contributed by atoms with Crippen molar-refractivity contribution in [3.63, 3.8) is 0 Å². The average Bonchev–Trinajstić information content (AvgIpc) is 1.98. The zero-order valence-corrected chi connectivity index (χ0v) is 7.38. The van der Waals surface area contributed by atoms with Gasteiger partial charge < -0.3 is 4.84 Å². The lowest BCUT2D eigenvalue weighted by atomic mass is 10.1. The third-order valence-electron chi connectivity index (χ3n) is 1.23. The van der Waals surface area contributed by atoms with E-state index in [2.05, 4.69) is 16.6 Å². The highest BCUT2D eigenvalue weighted by molar-refractivity contribution is 6.50. The predicted octanol–water partition coefficient (Wildman–Crippen LogP) is 0.723. The highest BCUT2D eigenvalue weighted by Gasteiger charge is 2.14. The Morgan fingerprint density at radius 1 is 1.25 bits per heavy atom. The van der Waals surface area contributed by atoms with Gasteiger partial charge in [0.15, 0.2) is 17.3 Å². The first-order chi connectivity index (χ1) is 5.50. The number of hydrogen-bond donors (Lipinski definition) is 0. The van der Waals surface area contributed by atoms with Gasteiger partial charge in [0.05, 0.1) is 0 Å². The molecule has 0 fully saturated rings. The predicted molar refractivity (Wildman–Crippen MR) is 44.9 cm³/mol. The van der Waals surface area contributed by atoms with Crippen molar-refractivity contribution in [3.8, 4) is 0 Å². The Balaban J connectivity index is 4.77. The summed E-state index contributed by atoms with van der Waals surface area (Å²) in [5.74, 6) is -0.627. The van der Waals surface area contributed by atoms with Gasteiger partial charge >= 0.3 is 0 Å². The first-order valence-electron chi connectivity index (χ1n) is 3.33. The Labute approximate surface area is 70.9 Å². The lowest BCUT2D eigenvalue weighted by Crippen LogP contribution is -2.17. The van der Waals surface area contributed by atoms with Gasteiger partial charge in [-0.3, -0.25) is 9.59 Å². The van der Waals surface area contributed by atoms with Crippen molar-refractivity contribution in [2.75, 3.05) is 7.11 Å². The fourth-order valence-electron chi connectivity index (χ4n) is 0.590. The summed E-state index contributed by atoms with van der Waals surface area (Å²) < 4.78 is 0. The average molecular weight is 169 g/mol. The second-order valence-corrected chi connectivity index (χ2v) is 2.21. The van der Waals surface area contributed by atoms with E-state index in [1.165, 1.54) is 21.0 Å². The van der Waals surface area contributed by atoms with Crippen LogP contribution in [0.15, 0.2) is 17.3 Å². The molecule has 0 saturated heterocycles. The molecule has 0 rings (SSSR count). The molecule has 0 aliphatic rings. The van der Waals surface area contributed by atoms with E-state index in [-0.39, 0.29) is 22.9 Å². The zero-order valence-electron chi connectivity index (χ0n) is 7.38. The molecule has 0 amide bonds. The van der Waals surface area contributed by atoms with E-state index in [0.29, 0.717) is 0 Å². The van der Waals surface area contributed by atoms with E-state index in [1.54, 1.807) is 0 Å². The number of rotatable bonds is 4. The Morgan fingerprint density at radius 2 is 1.75 bits per heavy atom. The summed E-state index contributed by atoms with van der Waals surface area (Å²) in [5, 5.41) is 3.39. The maximum atomic E-state index is 10.9. The largest absolute Gasteiger partial charge is 0.399 e. The summed E-state index contributed by atoms with van der Waals surface area (Å²) in [6.45, 7) is 6.03. The monoisotopic (exact) mass is 169 g/mol. The number of carbonyl (C=O) groups excluding carboxylic acids is 2.